The van der Waals surface area contributed by atoms with Crippen molar-refractivity contribution in [1.82, 2.24) is 0 Å². The maximum absolute atomic E-state index is 11.8. The van der Waals surface area contributed by atoms with Crippen molar-refractivity contribution in [2.45, 2.75) is 71.0 Å². The van der Waals surface area contributed by atoms with Crippen molar-refractivity contribution < 1.29 is 15.0 Å². The van der Waals surface area contributed by atoms with Crippen molar-refractivity contribution in [2.24, 2.45) is 35.0 Å². The van der Waals surface area contributed by atoms with Crippen molar-refractivity contribution in [1.29, 1.82) is 0 Å². The maximum atomic E-state index is 11.8. The standard InChI is InChI=1S/C20H30O3/c1-11-8-12-9-13(21)4-5-14(12)18-16(22)10-19(2)15(17(11)18)6-7-20(19,3)23/h9,11,14-18,22-23H,4-8,10H2,1-3H3/t11-,14+,15+,16?,17?,18+,19+,20+/m1/s1. The van der Waals surface area contributed by atoms with Crippen LogP contribution in [0.25, 0.3) is 0 Å². The first-order valence-corrected chi connectivity index (χ1v) is 9.38. The van der Waals surface area contributed by atoms with Gasteiger partial charge in [-0.1, -0.05) is 19.4 Å². The van der Waals surface area contributed by atoms with E-state index < -0.39 is 5.60 Å². The molecule has 0 aromatic carbocycles. The van der Waals surface area contributed by atoms with Gasteiger partial charge in [-0.05, 0) is 74.7 Å². The topological polar surface area (TPSA) is 57.5 Å². The van der Waals surface area contributed by atoms with Crippen LogP contribution < -0.4 is 0 Å². The fourth-order valence-corrected chi connectivity index (χ4v) is 6.86. The lowest BCUT2D eigenvalue weighted by Crippen LogP contribution is -2.58. The van der Waals surface area contributed by atoms with Gasteiger partial charge in [-0.3, -0.25) is 4.79 Å². The summed E-state index contributed by atoms with van der Waals surface area (Å²) < 4.78 is 0. The van der Waals surface area contributed by atoms with Crippen molar-refractivity contribution >= 4 is 5.78 Å². The number of hydrogen-bond donors (Lipinski definition) is 2. The van der Waals surface area contributed by atoms with E-state index in [2.05, 4.69) is 13.8 Å². The van der Waals surface area contributed by atoms with Gasteiger partial charge in [0.15, 0.2) is 5.78 Å². The molecular formula is C20H30O3. The van der Waals surface area contributed by atoms with Gasteiger partial charge in [-0.15, -0.1) is 0 Å². The van der Waals surface area contributed by atoms with Gasteiger partial charge in [0, 0.05) is 11.8 Å². The molecule has 3 nitrogen and oxygen atoms in total. The van der Waals surface area contributed by atoms with Gasteiger partial charge >= 0.3 is 0 Å². The van der Waals surface area contributed by atoms with Crippen molar-refractivity contribution in [2.75, 3.05) is 0 Å². The monoisotopic (exact) mass is 318 g/mol. The normalized spacial score (nSPS) is 55.7. The third-order valence-corrected chi connectivity index (χ3v) is 8.18. The molecule has 4 rings (SSSR count). The van der Waals surface area contributed by atoms with E-state index in [1.165, 1.54) is 5.57 Å². The number of ketones is 1. The summed E-state index contributed by atoms with van der Waals surface area (Å²) in [4.78, 5) is 11.8. The summed E-state index contributed by atoms with van der Waals surface area (Å²) in [5, 5.41) is 22.0. The summed E-state index contributed by atoms with van der Waals surface area (Å²) in [7, 11) is 0. The summed E-state index contributed by atoms with van der Waals surface area (Å²) in [6.45, 7) is 6.46. The van der Waals surface area contributed by atoms with Crippen molar-refractivity contribution in [3.63, 3.8) is 0 Å². The second kappa shape index (κ2) is 4.92. The molecule has 3 heteroatoms. The number of aliphatic hydroxyl groups is 2. The number of aliphatic hydroxyl groups excluding tert-OH is 1. The fraction of sp³-hybridized carbons (Fsp3) is 0.850. The number of carbonyl (C=O) groups is 1. The number of carbonyl (C=O) groups excluding carboxylic acids is 1. The Morgan fingerprint density at radius 3 is 2.70 bits per heavy atom. The molecule has 3 fully saturated rings. The zero-order valence-corrected chi connectivity index (χ0v) is 14.6. The summed E-state index contributed by atoms with van der Waals surface area (Å²) >= 11 is 0. The highest BCUT2D eigenvalue weighted by Crippen LogP contribution is 2.65. The van der Waals surface area contributed by atoms with Crippen LogP contribution in [0.4, 0.5) is 0 Å². The summed E-state index contributed by atoms with van der Waals surface area (Å²) in [6.07, 6.45) is 6.71. The predicted molar refractivity (Wildman–Crippen MR) is 88.7 cm³/mol. The molecule has 2 N–H and O–H groups in total. The largest absolute Gasteiger partial charge is 0.393 e. The summed E-state index contributed by atoms with van der Waals surface area (Å²) in [5.74, 6) is 2.40. The second-order valence-electron chi connectivity index (χ2n) is 9.27. The highest BCUT2D eigenvalue weighted by atomic mass is 16.3. The van der Waals surface area contributed by atoms with Crippen LogP contribution in [0.3, 0.4) is 0 Å². The summed E-state index contributed by atoms with van der Waals surface area (Å²) in [5.41, 5.74) is 0.456. The van der Waals surface area contributed by atoms with Crippen LogP contribution in [0, 0.1) is 35.0 Å². The van der Waals surface area contributed by atoms with Gasteiger partial charge in [0.2, 0.25) is 0 Å². The number of hydrogen-bond acceptors (Lipinski definition) is 3. The van der Waals surface area contributed by atoms with Crippen LogP contribution in [0.15, 0.2) is 11.6 Å². The van der Waals surface area contributed by atoms with E-state index in [0.717, 1.165) is 25.7 Å². The average Bonchev–Trinajstić information content (AvgIpc) is 2.68. The van der Waals surface area contributed by atoms with E-state index in [4.69, 9.17) is 0 Å². The van der Waals surface area contributed by atoms with Crippen LogP contribution in [-0.2, 0) is 4.79 Å². The Morgan fingerprint density at radius 1 is 1.22 bits per heavy atom. The minimum atomic E-state index is -0.665. The lowest BCUT2D eigenvalue weighted by Gasteiger charge is -2.58. The molecule has 128 valence electrons. The highest BCUT2D eigenvalue weighted by molar-refractivity contribution is 5.91. The third kappa shape index (κ3) is 2.05. The average molecular weight is 318 g/mol. The Morgan fingerprint density at radius 2 is 1.96 bits per heavy atom. The van der Waals surface area contributed by atoms with Crippen LogP contribution >= 0.6 is 0 Å². The first-order chi connectivity index (χ1) is 10.7. The van der Waals surface area contributed by atoms with Crippen molar-refractivity contribution in [3.8, 4) is 0 Å². The molecule has 0 amide bonds. The molecule has 0 radical (unpaired) electrons. The van der Waals surface area contributed by atoms with Crippen LogP contribution in [-0.4, -0.2) is 27.7 Å². The molecule has 8 atom stereocenters. The fourth-order valence-electron chi connectivity index (χ4n) is 6.86. The molecular weight excluding hydrogens is 288 g/mol. The van der Waals surface area contributed by atoms with Gasteiger partial charge in [-0.2, -0.15) is 0 Å². The molecule has 4 aliphatic carbocycles. The Bertz CT molecular complexity index is 563. The van der Waals surface area contributed by atoms with Gasteiger partial charge in [0.1, 0.15) is 0 Å². The van der Waals surface area contributed by atoms with E-state index >= 15 is 0 Å². The van der Waals surface area contributed by atoms with Gasteiger partial charge in [0.05, 0.1) is 11.7 Å². The molecule has 3 saturated carbocycles. The third-order valence-electron chi connectivity index (χ3n) is 8.18. The van der Waals surface area contributed by atoms with Gasteiger partial charge in [0.25, 0.3) is 0 Å². The van der Waals surface area contributed by atoms with Crippen LogP contribution in [0.1, 0.15) is 59.3 Å². The maximum Gasteiger partial charge on any atom is 0.155 e. The molecule has 23 heavy (non-hydrogen) atoms. The van der Waals surface area contributed by atoms with E-state index in [9.17, 15) is 15.0 Å². The predicted octanol–water partition coefficient (Wildman–Crippen LogP) is 3.10. The van der Waals surface area contributed by atoms with Crippen molar-refractivity contribution in [3.05, 3.63) is 11.6 Å². The quantitative estimate of drug-likeness (QED) is 0.721. The molecule has 0 aromatic rings. The molecule has 0 spiro atoms. The highest BCUT2D eigenvalue weighted by Gasteiger charge is 2.64. The van der Waals surface area contributed by atoms with E-state index in [0.29, 0.717) is 36.5 Å². The zero-order chi connectivity index (χ0) is 16.6. The first kappa shape index (κ1) is 15.8. The minimum Gasteiger partial charge on any atom is -0.393 e. The molecule has 0 heterocycles. The van der Waals surface area contributed by atoms with Crippen LogP contribution in [0.5, 0.6) is 0 Å². The van der Waals surface area contributed by atoms with Gasteiger partial charge < -0.3 is 10.2 Å². The van der Waals surface area contributed by atoms with E-state index in [-0.39, 0.29) is 23.2 Å². The molecule has 0 bridgehead atoms. The lowest BCUT2D eigenvalue weighted by atomic mass is 9.47. The summed E-state index contributed by atoms with van der Waals surface area (Å²) in [6, 6.07) is 0. The van der Waals surface area contributed by atoms with E-state index in [1.54, 1.807) is 0 Å². The molecule has 0 aromatic heterocycles. The molecule has 0 saturated heterocycles. The van der Waals surface area contributed by atoms with Crippen LogP contribution in [0.2, 0.25) is 0 Å². The lowest BCUT2D eigenvalue weighted by molar-refractivity contribution is -0.161. The Labute approximate surface area is 139 Å². The molecule has 0 aliphatic heterocycles. The van der Waals surface area contributed by atoms with E-state index in [1.807, 2.05) is 13.0 Å². The Hall–Kier alpha value is -0.670. The first-order valence-electron chi connectivity index (χ1n) is 9.38. The number of allylic oxidation sites excluding steroid dienone is 1. The smallest absolute Gasteiger partial charge is 0.155 e. The molecule has 2 unspecified atom stereocenters. The Balaban J connectivity index is 1.74. The second-order valence-corrected chi connectivity index (χ2v) is 9.27. The number of rotatable bonds is 0. The van der Waals surface area contributed by atoms with Gasteiger partial charge in [-0.25, -0.2) is 0 Å². The zero-order valence-electron chi connectivity index (χ0n) is 14.6. The molecule has 4 aliphatic rings. The minimum absolute atomic E-state index is 0.173. The number of fused-ring (bicyclic) bond motifs is 5. The SMILES string of the molecule is C[C@@H]1CC2=CC(=O)CC[C@@H]2[C@H]2C(O)C[C@@]3(C)[C@@H](CC[C@]3(C)O)C21. The Kier molecular flexibility index (Phi) is 3.39.